The monoisotopic (exact) mass is 314 g/mol. The summed E-state index contributed by atoms with van der Waals surface area (Å²) in [5.41, 5.74) is 6.22. The standard InChI is InChI=1S/C14H23ClN4O2/c1-14(2,3)21-13(20)19-6-4-18(5-7-19)12-10(15)8-17-9-11(12)16/h8-9,12,17H,4-7,16H2,1-3H3. The average Bonchev–Trinajstić information content (AvgIpc) is 2.37. The summed E-state index contributed by atoms with van der Waals surface area (Å²) in [5.74, 6) is 0. The molecule has 0 aliphatic carbocycles. The Morgan fingerprint density at radius 1 is 1.33 bits per heavy atom. The minimum atomic E-state index is -0.470. The van der Waals surface area contributed by atoms with Crippen LogP contribution in [0, 0.1) is 0 Å². The zero-order valence-electron chi connectivity index (χ0n) is 12.7. The lowest BCUT2D eigenvalue weighted by molar-refractivity contribution is 0.0131. The van der Waals surface area contributed by atoms with E-state index in [1.54, 1.807) is 17.3 Å². The first-order valence-corrected chi connectivity index (χ1v) is 7.45. The molecule has 0 aromatic heterocycles. The third kappa shape index (κ3) is 4.04. The Bertz CT molecular complexity index is 444. The summed E-state index contributed by atoms with van der Waals surface area (Å²) >= 11 is 6.23. The maximum Gasteiger partial charge on any atom is 0.410 e. The van der Waals surface area contributed by atoms with Crippen LogP contribution in [0.1, 0.15) is 20.8 Å². The predicted molar refractivity (Wildman–Crippen MR) is 82.5 cm³/mol. The quantitative estimate of drug-likeness (QED) is 0.765. The molecule has 2 rings (SSSR count). The molecule has 1 saturated heterocycles. The molecule has 0 radical (unpaired) electrons. The zero-order chi connectivity index (χ0) is 15.6. The Balaban J connectivity index is 1.91. The van der Waals surface area contributed by atoms with Crippen molar-refractivity contribution < 1.29 is 9.53 Å². The Labute approximate surface area is 130 Å². The molecule has 1 fully saturated rings. The molecule has 1 unspecified atom stereocenters. The van der Waals surface area contributed by atoms with Gasteiger partial charge in [-0.3, -0.25) is 4.90 Å². The van der Waals surface area contributed by atoms with Gasteiger partial charge in [-0.2, -0.15) is 0 Å². The molecule has 0 spiro atoms. The fraction of sp³-hybridized carbons (Fsp3) is 0.643. The topological polar surface area (TPSA) is 70.8 Å². The van der Waals surface area contributed by atoms with Crippen molar-refractivity contribution in [2.75, 3.05) is 26.2 Å². The largest absolute Gasteiger partial charge is 0.444 e. The molecule has 7 heteroatoms. The number of amides is 1. The van der Waals surface area contributed by atoms with Crippen LogP contribution in [0.5, 0.6) is 0 Å². The highest BCUT2D eigenvalue weighted by atomic mass is 35.5. The minimum absolute atomic E-state index is 0.103. The fourth-order valence-electron chi connectivity index (χ4n) is 2.41. The van der Waals surface area contributed by atoms with Crippen molar-refractivity contribution in [2.45, 2.75) is 32.4 Å². The van der Waals surface area contributed by atoms with Gasteiger partial charge in [-0.25, -0.2) is 4.79 Å². The molecule has 0 aromatic carbocycles. The number of nitrogens with one attached hydrogen (secondary N) is 1. The van der Waals surface area contributed by atoms with E-state index in [2.05, 4.69) is 10.2 Å². The van der Waals surface area contributed by atoms with Crippen LogP contribution in [-0.4, -0.2) is 53.7 Å². The first-order valence-electron chi connectivity index (χ1n) is 7.07. The molecule has 1 atom stereocenters. The molecule has 0 aromatic rings. The number of carbonyl (C=O) groups excluding carboxylic acids is 1. The second-order valence-corrected chi connectivity index (χ2v) is 6.68. The first kappa shape index (κ1) is 16.0. The highest BCUT2D eigenvalue weighted by molar-refractivity contribution is 6.30. The van der Waals surface area contributed by atoms with E-state index in [-0.39, 0.29) is 12.1 Å². The lowest BCUT2D eigenvalue weighted by Crippen LogP contribution is -2.54. The van der Waals surface area contributed by atoms with E-state index in [9.17, 15) is 4.79 Å². The summed E-state index contributed by atoms with van der Waals surface area (Å²) in [5, 5.41) is 3.58. The number of nitrogens with two attached hydrogens (primary N) is 1. The molecule has 0 saturated carbocycles. The van der Waals surface area contributed by atoms with Gasteiger partial charge in [0.1, 0.15) is 5.60 Å². The van der Waals surface area contributed by atoms with Gasteiger partial charge in [0.2, 0.25) is 0 Å². The van der Waals surface area contributed by atoms with E-state index >= 15 is 0 Å². The van der Waals surface area contributed by atoms with Crippen LogP contribution >= 0.6 is 11.6 Å². The van der Waals surface area contributed by atoms with E-state index in [0.29, 0.717) is 36.9 Å². The van der Waals surface area contributed by atoms with E-state index in [4.69, 9.17) is 22.1 Å². The molecule has 6 nitrogen and oxygen atoms in total. The van der Waals surface area contributed by atoms with Crippen LogP contribution in [-0.2, 0) is 4.74 Å². The van der Waals surface area contributed by atoms with Crippen molar-refractivity contribution in [2.24, 2.45) is 5.73 Å². The molecule has 21 heavy (non-hydrogen) atoms. The lowest BCUT2D eigenvalue weighted by Gasteiger charge is -2.40. The zero-order valence-corrected chi connectivity index (χ0v) is 13.5. The number of ether oxygens (including phenoxy) is 1. The summed E-state index contributed by atoms with van der Waals surface area (Å²) in [6.07, 6.45) is 3.22. The molecular weight excluding hydrogens is 292 g/mol. The van der Waals surface area contributed by atoms with Crippen LogP contribution in [0.3, 0.4) is 0 Å². The Morgan fingerprint density at radius 2 is 1.95 bits per heavy atom. The van der Waals surface area contributed by atoms with Crippen LogP contribution < -0.4 is 11.1 Å². The van der Waals surface area contributed by atoms with Crippen molar-refractivity contribution in [3.8, 4) is 0 Å². The lowest BCUT2D eigenvalue weighted by atomic mass is 10.1. The SMILES string of the molecule is CC(C)(C)OC(=O)N1CCN(C2C(N)=CNC=C2Cl)CC1. The number of rotatable bonds is 1. The Morgan fingerprint density at radius 3 is 2.48 bits per heavy atom. The highest BCUT2D eigenvalue weighted by Crippen LogP contribution is 2.23. The van der Waals surface area contributed by atoms with Crippen molar-refractivity contribution in [1.82, 2.24) is 15.1 Å². The Hall–Kier alpha value is -1.40. The number of piperazine rings is 1. The van der Waals surface area contributed by atoms with Gasteiger partial charge in [0.15, 0.2) is 0 Å². The van der Waals surface area contributed by atoms with Gasteiger partial charge < -0.3 is 20.7 Å². The number of hydrogen-bond acceptors (Lipinski definition) is 5. The first-order chi connectivity index (χ1) is 9.78. The third-order valence-electron chi connectivity index (χ3n) is 3.38. The number of nitrogens with zero attached hydrogens (tertiary/aromatic N) is 2. The second-order valence-electron chi connectivity index (χ2n) is 6.25. The average molecular weight is 315 g/mol. The van der Waals surface area contributed by atoms with Crippen molar-refractivity contribution in [3.63, 3.8) is 0 Å². The minimum Gasteiger partial charge on any atom is -0.444 e. The van der Waals surface area contributed by atoms with Gasteiger partial charge in [-0.15, -0.1) is 0 Å². The third-order valence-corrected chi connectivity index (χ3v) is 3.70. The summed E-state index contributed by atoms with van der Waals surface area (Å²) in [4.78, 5) is 15.9. The van der Waals surface area contributed by atoms with Gasteiger partial charge in [0, 0.05) is 44.3 Å². The highest BCUT2D eigenvalue weighted by Gasteiger charge is 2.31. The summed E-state index contributed by atoms with van der Waals surface area (Å²) in [7, 11) is 0. The van der Waals surface area contributed by atoms with Gasteiger partial charge in [0.05, 0.1) is 11.1 Å². The number of hydrogen-bond donors (Lipinski definition) is 2. The predicted octanol–water partition coefficient (Wildman–Crippen LogP) is 1.39. The summed E-state index contributed by atoms with van der Waals surface area (Å²) in [6, 6.07) is -0.103. The van der Waals surface area contributed by atoms with Gasteiger partial charge in [-0.05, 0) is 20.8 Å². The van der Waals surface area contributed by atoms with Gasteiger partial charge in [0.25, 0.3) is 0 Å². The van der Waals surface area contributed by atoms with Crippen LogP contribution in [0.15, 0.2) is 23.1 Å². The molecular formula is C14H23ClN4O2. The van der Waals surface area contributed by atoms with Gasteiger partial charge >= 0.3 is 6.09 Å². The number of dihydropyridines is 1. The van der Waals surface area contributed by atoms with Crippen LogP contribution in [0.25, 0.3) is 0 Å². The van der Waals surface area contributed by atoms with E-state index < -0.39 is 5.60 Å². The maximum absolute atomic E-state index is 12.0. The molecule has 2 heterocycles. The van der Waals surface area contributed by atoms with Crippen LogP contribution in [0.4, 0.5) is 4.79 Å². The number of carbonyl (C=O) groups is 1. The molecule has 2 aliphatic rings. The van der Waals surface area contributed by atoms with Crippen LogP contribution in [0.2, 0.25) is 0 Å². The molecule has 118 valence electrons. The molecule has 2 aliphatic heterocycles. The second kappa shape index (κ2) is 6.15. The summed E-state index contributed by atoms with van der Waals surface area (Å²) < 4.78 is 5.39. The number of halogens is 1. The van der Waals surface area contributed by atoms with E-state index in [1.165, 1.54) is 0 Å². The van der Waals surface area contributed by atoms with Crippen molar-refractivity contribution >= 4 is 17.7 Å². The van der Waals surface area contributed by atoms with Crippen molar-refractivity contribution in [1.29, 1.82) is 0 Å². The molecule has 1 amide bonds. The normalized spacial score (nSPS) is 24.0. The fourth-order valence-corrected chi connectivity index (χ4v) is 2.74. The molecule has 3 N–H and O–H groups in total. The van der Waals surface area contributed by atoms with Gasteiger partial charge in [-0.1, -0.05) is 11.6 Å². The van der Waals surface area contributed by atoms with Crippen molar-refractivity contribution in [3.05, 3.63) is 23.1 Å². The summed E-state index contributed by atoms with van der Waals surface area (Å²) in [6.45, 7) is 8.24. The molecule has 0 bridgehead atoms. The Kier molecular flexibility index (Phi) is 4.68. The maximum atomic E-state index is 12.0. The smallest absolute Gasteiger partial charge is 0.410 e. The van der Waals surface area contributed by atoms with E-state index in [1.807, 2.05) is 20.8 Å². The van der Waals surface area contributed by atoms with E-state index in [0.717, 1.165) is 0 Å².